The molecule has 10 heteroatoms. The molecule has 10 nitrogen and oxygen atoms in total. The highest BCUT2D eigenvalue weighted by atomic mass is 16.7. The Kier molecular flexibility index (Phi) is 5.94. The van der Waals surface area contributed by atoms with Gasteiger partial charge in [0.1, 0.15) is 11.3 Å². The van der Waals surface area contributed by atoms with Gasteiger partial charge in [-0.15, -0.1) is 0 Å². The lowest BCUT2D eigenvalue weighted by molar-refractivity contribution is 0.0726. The lowest BCUT2D eigenvalue weighted by Crippen LogP contribution is -2.34. The van der Waals surface area contributed by atoms with E-state index in [4.69, 9.17) is 18.6 Å². The van der Waals surface area contributed by atoms with Gasteiger partial charge in [-0.05, 0) is 30.7 Å². The van der Waals surface area contributed by atoms with Crippen LogP contribution in [-0.4, -0.2) is 48.3 Å². The normalized spacial score (nSPS) is 14.3. The first-order valence-corrected chi connectivity index (χ1v) is 11.3. The molecule has 5 rings (SSSR count). The Labute approximate surface area is 201 Å². The first-order chi connectivity index (χ1) is 17.0. The minimum absolute atomic E-state index is 0.173. The van der Waals surface area contributed by atoms with Gasteiger partial charge in [-0.2, -0.15) is 0 Å². The molecule has 0 saturated carbocycles. The summed E-state index contributed by atoms with van der Waals surface area (Å²) >= 11 is 0. The fourth-order valence-electron chi connectivity index (χ4n) is 4.42. The van der Waals surface area contributed by atoms with Gasteiger partial charge in [0.05, 0.1) is 13.4 Å². The Morgan fingerprint density at radius 1 is 1.09 bits per heavy atom. The van der Waals surface area contributed by atoms with Crippen LogP contribution in [0.25, 0.3) is 0 Å². The second-order valence-corrected chi connectivity index (χ2v) is 8.37. The Bertz CT molecular complexity index is 1360. The van der Waals surface area contributed by atoms with E-state index >= 15 is 0 Å². The maximum atomic E-state index is 13.3. The van der Waals surface area contributed by atoms with E-state index in [0.29, 0.717) is 36.7 Å². The number of hydrogen-bond acceptors (Lipinski definition) is 7. The maximum absolute atomic E-state index is 13.3. The molecule has 0 saturated heterocycles. The van der Waals surface area contributed by atoms with Crippen LogP contribution in [-0.2, 0) is 19.5 Å². The molecule has 2 aliphatic rings. The summed E-state index contributed by atoms with van der Waals surface area (Å²) in [5.41, 5.74) is 2.12. The summed E-state index contributed by atoms with van der Waals surface area (Å²) < 4.78 is 23.0. The number of furan rings is 1. The van der Waals surface area contributed by atoms with E-state index in [1.54, 1.807) is 28.5 Å². The Morgan fingerprint density at radius 3 is 2.69 bits per heavy atom. The number of benzene rings is 1. The molecular weight excluding hydrogens is 454 g/mol. The fraction of sp³-hybridized carbons (Fsp3) is 0.320. The monoisotopic (exact) mass is 479 g/mol. The van der Waals surface area contributed by atoms with Gasteiger partial charge < -0.3 is 33.4 Å². The SMILES string of the molecule is COc1cc(=O)n2c(c1C(=O)NCc1ccc3c(c1)OCO3)CCN(C(=O)c1occc1C)CC2. The van der Waals surface area contributed by atoms with E-state index in [9.17, 15) is 14.4 Å². The van der Waals surface area contributed by atoms with Crippen molar-refractivity contribution in [1.82, 2.24) is 14.8 Å². The highest BCUT2D eigenvalue weighted by Crippen LogP contribution is 2.32. The van der Waals surface area contributed by atoms with Gasteiger partial charge in [0.25, 0.3) is 17.4 Å². The molecule has 0 atom stereocenters. The van der Waals surface area contributed by atoms with Crippen molar-refractivity contribution < 1.29 is 28.2 Å². The molecule has 0 unspecified atom stereocenters. The van der Waals surface area contributed by atoms with E-state index in [1.807, 2.05) is 12.1 Å². The fourth-order valence-corrected chi connectivity index (χ4v) is 4.42. The van der Waals surface area contributed by atoms with Gasteiger partial charge >= 0.3 is 0 Å². The summed E-state index contributed by atoms with van der Waals surface area (Å²) in [4.78, 5) is 40.7. The van der Waals surface area contributed by atoms with Crippen LogP contribution >= 0.6 is 0 Å². The first kappa shape index (κ1) is 22.6. The molecule has 2 amide bonds. The number of hydrogen-bond donors (Lipinski definition) is 1. The van der Waals surface area contributed by atoms with Crippen molar-refractivity contribution in [1.29, 1.82) is 0 Å². The van der Waals surface area contributed by atoms with Gasteiger partial charge in [0.2, 0.25) is 6.79 Å². The largest absolute Gasteiger partial charge is 0.496 e. The van der Waals surface area contributed by atoms with Crippen LogP contribution in [0.15, 0.2) is 45.8 Å². The molecular formula is C25H25N3O7. The predicted molar refractivity (Wildman–Crippen MR) is 124 cm³/mol. The van der Waals surface area contributed by atoms with E-state index in [2.05, 4.69) is 5.32 Å². The summed E-state index contributed by atoms with van der Waals surface area (Å²) in [6.45, 7) is 3.13. The smallest absolute Gasteiger partial charge is 0.289 e. The van der Waals surface area contributed by atoms with Gasteiger partial charge in [-0.3, -0.25) is 14.4 Å². The topological polar surface area (TPSA) is 112 Å². The number of carbonyl (C=O) groups is 2. The minimum atomic E-state index is -0.370. The molecule has 182 valence electrons. The molecule has 0 spiro atoms. The van der Waals surface area contributed by atoms with Gasteiger partial charge in [-0.1, -0.05) is 6.07 Å². The highest BCUT2D eigenvalue weighted by molar-refractivity contribution is 5.98. The maximum Gasteiger partial charge on any atom is 0.289 e. The summed E-state index contributed by atoms with van der Waals surface area (Å²) in [5.74, 6) is 1.16. The zero-order chi connectivity index (χ0) is 24.5. The van der Waals surface area contributed by atoms with Crippen LogP contribution in [0, 0.1) is 6.92 Å². The van der Waals surface area contributed by atoms with Gasteiger partial charge in [-0.25, -0.2) is 0 Å². The number of ether oxygens (including phenoxy) is 3. The molecule has 1 aromatic carbocycles. The Balaban J connectivity index is 1.39. The Hall–Kier alpha value is -4.21. The van der Waals surface area contributed by atoms with E-state index in [0.717, 1.165) is 11.1 Å². The molecule has 0 aliphatic carbocycles. The van der Waals surface area contributed by atoms with E-state index < -0.39 is 0 Å². The average Bonchev–Trinajstić information content (AvgIpc) is 3.44. The van der Waals surface area contributed by atoms with Crippen LogP contribution in [0.4, 0.5) is 0 Å². The zero-order valence-corrected chi connectivity index (χ0v) is 19.5. The number of aromatic nitrogens is 1. The van der Waals surface area contributed by atoms with E-state index in [1.165, 1.54) is 19.4 Å². The molecule has 2 aliphatic heterocycles. The van der Waals surface area contributed by atoms with Crippen molar-refractivity contribution in [2.75, 3.05) is 27.0 Å². The quantitative estimate of drug-likeness (QED) is 0.597. The number of amides is 2. The number of nitrogens with zero attached hydrogens (tertiary/aromatic N) is 2. The van der Waals surface area contributed by atoms with Crippen LogP contribution in [0.3, 0.4) is 0 Å². The summed E-state index contributed by atoms with van der Waals surface area (Å²) in [6.07, 6.45) is 1.79. The second kappa shape index (κ2) is 9.21. The second-order valence-electron chi connectivity index (χ2n) is 8.37. The highest BCUT2D eigenvalue weighted by Gasteiger charge is 2.28. The van der Waals surface area contributed by atoms with Crippen molar-refractivity contribution in [3.63, 3.8) is 0 Å². The number of carbonyl (C=O) groups excluding carboxylic acids is 2. The molecule has 2 aromatic heterocycles. The lowest BCUT2D eigenvalue weighted by Gasteiger charge is -2.18. The molecule has 3 aromatic rings. The summed E-state index contributed by atoms with van der Waals surface area (Å²) in [5, 5.41) is 2.91. The number of methoxy groups -OCH3 is 1. The van der Waals surface area contributed by atoms with Gasteiger partial charge in [0.15, 0.2) is 17.3 Å². The number of rotatable bonds is 5. The number of fused-ring (bicyclic) bond motifs is 2. The molecule has 35 heavy (non-hydrogen) atoms. The Morgan fingerprint density at radius 2 is 1.91 bits per heavy atom. The molecule has 1 N–H and O–H groups in total. The first-order valence-electron chi connectivity index (χ1n) is 11.3. The van der Waals surface area contributed by atoms with Crippen molar-refractivity contribution in [3.8, 4) is 17.2 Å². The molecule has 0 fully saturated rings. The average molecular weight is 479 g/mol. The van der Waals surface area contributed by atoms with Crippen LogP contribution < -0.4 is 25.1 Å². The third-order valence-electron chi connectivity index (χ3n) is 6.27. The molecule has 4 heterocycles. The summed E-state index contributed by atoms with van der Waals surface area (Å²) in [7, 11) is 1.42. The number of nitrogens with one attached hydrogen (secondary N) is 1. The van der Waals surface area contributed by atoms with Crippen LogP contribution in [0.1, 0.15) is 37.7 Å². The summed E-state index contributed by atoms with van der Waals surface area (Å²) in [6, 6.07) is 8.51. The standard InChI is InChI=1S/C25H25N3O7/c1-15-6-10-33-23(15)25(31)27-7-5-17-22(20(32-2)12-21(29)28(17)9-8-27)24(30)26-13-16-3-4-18-19(11-16)35-14-34-18/h3-4,6,10-12H,5,7-9,13-14H2,1-2H3,(H,26,30). The van der Waals surface area contributed by atoms with Crippen molar-refractivity contribution in [2.24, 2.45) is 0 Å². The predicted octanol–water partition coefficient (Wildman–Crippen LogP) is 2.12. The van der Waals surface area contributed by atoms with Crippen molar-refractivity contribution in [2.45, 2.75) is 26.4 Å². The van der Waals surface area contributed by atoms with E-state index in [-0.39, 0.29) is 54.3 Å². The van der Waals surface area contributed by atoms with Crippen molar-refractivity contribution >= 4 is 11.8 Å². The van der Waals surface area contributed by atoms with Gasteiger partial charge in [0, 0.05) is 49.9 Å². The zero-order valence-electron chi connectivity index (χ0n) is 19.5. The minimum Gasteiger partial charge on any atom is -0.496 e. The van der Waals surface area contributed by atoms with Crippen LogP contribution in [0.2, 0.25) is 0 Å². The molecule has 0 radical (unpaired) electrons. The lowest BCUT2D eigenvalue weighted by atomic mass is 10.1. The van der Waals surface area contributed by atoms with Crippen molar-refractivity contribution in [3.05, 3.63) is 75.1 Å². The third kappa shape index (κ3) is 4.23. The number of aryl methyl sites for hydroxylation is 1. The molecule has 0 bridgehead atoms. The van der Waals surface area contributed by atoms with Crippen LogP contribution in [0.5, 0.6) is 17.2 Å². The number of pyridine rings is 1. The third-order valence-corrected chi connectivity index (χ3v) is 6.27.